The molecule has 1 unspecified atom stereocenters. The van der Waals surface area contributed by atoms with Crippen LogP contribution in [-0.4, -0.2) is 30.4 Å². The summed E-state index contributed by atoms with van der Waals surface area (Å²) in [6.07, 6.45) is -1.28. The number of amides is 2. The Morgan fingerprint density at radius 1 is 1.47 bits per heavy atom. The maximum absolute atomic E-state index is 11.7. The lowest BCUT2D eigenvalue weighted by Gasteiger charge is -2.31. The van der Waals surface area contributed by atoms with Gasteiger partial charge >= 0.3 is 12.2 Å². The quantitative estimate of drug-likeness (QED) is 0.906. The van der Waals surface area contributed by atoms with E-state index in [0.717, 1.165) is 5.56 Å². The summed E-state index contributed by atoms with van der Waals surface area (Å²) in [5.41, 5.74) is 2.54. The molecule has 1 aliphatic heterocycles. The second kappa shape index (κ2) is 5.17. The van der Waals surface area contributed by atoms with E-state index in [-0.39, 0.29) is 13.2 Å². The lowest BCUT2D eigenvalue weighted by Crippen LogP contribution is -2.52. The standard InChI is InChI=1S/C13H16N2O4/c1-3-18-11(16)14-15-12(17)19-9-13(15,2)10-7-5-4-6-8-10/h4-8H,3,9H2,1-2H3,(H,14,16). The van der Waals surface area contributed by atoms with Crippen LogP contribution in [0.25, 0.3) is 0 Å². The van der Waals surface area contributed by atoms with Crippen molar-refractivity contribution in [2.24, 2.45) is 0 Å². The van der Waals surface area contributed by atoms with Crippen LogP contribution in [0.2, 0.25) is 0 Å². The summed E-state index contributed by atoms with van der Waals surface area (Å²) in [6.45, 7) is 3.91. The molecule has 6 heteroatoms. The molecule has 6 nitrogen and oxygen atoms in total. The average molecular weight is 264 g/mol. The SMILES string of the molecule is CCOC(=O)NN1C(=O)OCC1(C)c1ccccc1. The first kappa shape index (κ1) is 13.2. The molecule has 19 heavy (non-hydrogen) atoms. The zero-order valence-electron chi connectivity index (χ0n) is 10.9. The minimum absolute atomic E-state index is 0.169. The zero-order valence-corrected chi connectivity index (χ0v) is 10.9. The van der Waals surface area contributed by atoms with Crippen LogP contribution in [0.1, 0.15) is 19.4 Å². The number of hydrazine groups is 1. The van der Waals surface area contributed by atoms with E-state index in [1.165, 1.54) is 5.01 Å². The van der Waals surface area contributed by atoms with Gasteiger partial charge in [-0.2, -0.15) is 0 Å². The Hall–Kier alpha value is -2.24. The molecule has 1 heterocycles. The summed E-state index contributed by atoms with van der Waals surface area (Å²) in [5.74, 6) is 0. The fraction of sp³-hybridized carbons (Fsp3) is 0.385. The van der Waals surface area contributed by atoms with Crippen LogP contribution in [0, 0.1) is 0 Å². The first-order valence-electron chi connectivity index (χ1n) is 6.04. The summed E-state index contributed by atoms with van der Waals surface area (Å²) in [7, 11) is 0. The number of carbonyl (C=O) groups is 2. The normalized spacial score (nSPS) is 22.0. The summed E-state index contributed by atoms with van der Waals surface area (Å²) < 4.78 is 9.81. The van der Waals surface area contributed by atoms with E-state index < -0.39 is 17.7 Å². The number of nitrogens with zero attached hydrogens (tertiary/aromatic N) is 1. The van der Waals surface area contributed by atoms with Gasteiger partial charge in [0.05, 0.1) is 6.61 Å². The summed E-state index contributed by atoms with van der Waals surface area (Å²) in [5, 5.41) is 1.17. The van der Waals surface area contributed by atoms with Gasteiger partial charge in [0.15, 0.2) is 0 Å². The van der Waals surface area contributed by atoms with Crippen molar-refractivity contribution < 1.29 is 19.1 Å². The third-order valence-corrected chi connectivity index (χ3v) is 3.03. The number of hydrogen-bond acceptors (Lipinski definition) is 4. The highest BCUT2D eigenvalue weighted by molar-refractivity contribution is 5.76. The lowest BCUT2D eigenvalue weighted by molar-refractivity contribution is 0.0866. The van der Waals surface area contributed by atoms with Gasteiger partial charge in [0, 0.05) is 0 Å². The van der Waals surface area contributed by atoms with Crippen molar-refractivity contribution in [1.82, 2.24) is 10.4 Å². The van der Waals surface area contributed by atoms with Gasteiger partial charge in [-0.1, -0.05) is 30.3 Å². The number of rotatable bonds is 3. The first-order valence-corrected chi connectivity index (χ1v) is 6.04. The number of nitrogens with one attached hydrogen (secondary N) is 1. The zero-order chi connectivity index (χ0) is 13.9. The van der Waals surface area contributed by atoms with Gasteiger partial charge in [0.25, 0.3) is 0 Å². The summed E-state index contributed by atoms with van der Waals surface area (Å²) in [4.78, 5) is 23.2. The third-order valence-electron chi connectivity index (χ3n) is 3.03. The highest BCUT2D eigenvalue weighted by Gasteiger charge is 2.46. The maximum Gasteiger partial charge on any atom is 0.429 e. The number of carbonyl (C=O) groups excluding carboxylic acids is 2. The molecule has 0 aromatic heterocycles. The number of benzene rings is 1. The van der Waals surface area contributed by atoms with Crippen molar-refractivity contribution in [3.63, 3.8) is 0 Å². The van der Waals surface area contributed by atoms with Gasteiger partial charge in [0.1, 0.15) is 12.1 Å². The Morgan fingerprint density at radius 2 is 2.16 bits per heavy atom. The molecule has 0 saturated carbocycles. The van der Waals surface area contributed by atoms with Gasteiger partial charge in [-0.3, -0.25) is 0 Å². The van der Waals surface area contributed by atoms with Crippen molar-refractivity contribution in [3.8, 4) is 0 Å². The predicted octanol–water partition coefficient (Wildman–Crippen LogP) is 2.02. The van der Waals surface area contributed by atoms with E-state index in [2.05, 4.69) is 5.43 Å². The van der Waals surface area contributed by atoms with Crippen molar-refractivity contribution in [2.75, 3.05) is 13.2 Å². The molecule has 1 atom stereocenters. The van der Waals surface area contributed by atoms with Crippen molar-refractivity contribution in [2.45, 2.75) is 19.4 Å². The molecule has 1 N–H and O–H groups in total. The molecule has 0 spiro atoms. The third kappa shape index (κ3) is 2.47. The van der Waals surface area contributed by atoms with E-state index in [0.29, 0.717) is 0 Å². The van der Waals surface area contributed by atoms with Gasteiger partial charge in [-0.15, -0.1) is 0 Å². The predicted molar refractivity (Wildman–Crippen MR) is 67.1 cm³/mol. The molecule has 1 aromatic carbocycles. The number of ether oxygens (including phenoxy) is 2. The maximum atomic E-state index is 11.7. The van der Waals surface area contributed by atoms with Gasteiger partial charge in [0.2, 0.25) is 0 Å². The Labute approximate surface area is 111 Å². The van der Waals surface area contributed by atoms with Crippen molar-refractivity contribution in [1.29, 1.82) is 0 Å². The van der Waals surface area contributed by atoms with E-state index in [4.69, 9.17) is 9.47 Å². The van der Waals surface area contributed by atoms with Crippen LogP contribution in [0.15, 0.2) is 30.3 Å². The molecule has 1 aromatic rings. The molecule has 0 aliphatic carbocycles. The lowest BCUT2D eigenvalue weighted by atomic mass is 9.93. The summed E-state index contributed by atoms with van der Waals surface area (Å²) >= 11 is 0. The van der Waals surface area contributed by atoms with Crippen LogP contribution >= 0.6 is 0 Å². The van der Waals surface area contributed by atoms with Crippen LogP contribution in [0.3, 0.4) is 0 Å². The molecule has 2 amide bonds. The topological polar surface area (TPSA) is 67.9 Å². The monoisotopic (exact) mass is 264 g/mol. The molecule has 2 rings (SSSR count). The van der Waals surface area contributed by atoms with Crippen LogP contribution < -0.4 is 5.43 Å². The van der Waals surface area contributed by atoms with Crippen molar-refractivity contribution in [3.05, 3.63) is 35.9 Å². The van der Waals surface area contributed by atoms with Crippen molar-refractivity contribution >= 4 is 12.2 Å². The minimum Gasteiger partial charge on any atom is -0.449 e. The van der Waals surface area contributed by atoms with Gasteiger partial charge in [-0.25, -0.2) is 20.0 Å². The Kier molecular flexibility index (Phi) is 3.59. The molecule has 1 fully saturated rings. The molecule has 0 radical (unpaired) electrons. The van der Waals surface area contributed by atoms with E-state index in [1.54, 1.807) is 6.92 Å². The fourth-order valence-electron chi connectivity index (χ4n) is 1.97. The summed E-state index contributed by atoms with van der Waals surface area (Å²) in [6, 6.07) is 9.37. The van der Waals surface area contributed by atoms with E-state index in [1.807, 2.05) is 37.3 Å². The van der Waals surface area contributed by atoms with Gasteiger partial charge in [-0.05, 0) is 19.4 Å². The highest BCUT2D eigenvalue weighted by Crippen LogP contribution is 2.32. The van der Waals surface area contributed by atoms with E-state index in [9.17, 15) is 9.59 Å². The number of hydrogen-bond donors (Lipinski definition) is 1. The average Bonchev–Trinajstić information content (AvgIpc) is 2.70. The molecule has 0 bridgehead atoms. The number of cyclic esters (lactones) is 1. The molecule has 102 valence electrons. The van der Waals surface area contributed by atoms with Crippen LogP contribution in [-0.2, 0) is 15.0 Å². The van der Waals surface area contributed by atoms with E-state index >= 15 is 0 Å². The highest BCUT2D eigenvalue weighted by atomic mass is 16.6. The largest absolute Gasteiger partial charge is 0.449 e. The van der Waals surface area contributed by atoms with Gasteiger partial charge < -0.3 is 9.47 Å². The Morgan fingerprint density at radius 3 is 2.79 bits per heavy atom. The fourth-order valence-corrected chi connectivity index (χ4v) is 1.97. The van der Waals surface area contributed by atoms with Crippen LogP contribution in [0.5, 0.6) is 0 Å². The second-order valence-corrected chi connectivity index (χ2v) is 4.36. The second-order valence-electron chi connectivity index (χ2n) is 4.36. The van der Waals surface area contributed by atoms with Crippen LogP contribution in [0.4, 0.5) is 9.59 Å². The Balaban J connectivity index is 2.24. The smallest absolute Gasteiger partial charge is 0.429 e. The first-order chi connectivity index (χ1) is 9.08. The minimum atomic E-state index is -0.745. The molecular formula is C13H16N2O4. The molecule has 1 saturated heterocycles. The Bertz CT molecular complexity index is 477. The molecule has 1 aliphatic rings. The molecular weight excluding hydrogens is 248 g/mol.